The fourth-order valence-electron chi connectivity index (χ4n) is 2.70. The average molecular weight is 279 g/mol. The minimum atomic E-state index is 0.294. The maximum absolute atomic E-state index is 9.31. The first kappa shape index (κ1) is 15.3. The predicted octanol–water partition coefficient (Wildman–Crippen LogP) is 1.92. The van der Waals surface area contributed by atoms with Crippen molar-refractivity contribution in [3.05, 3.63) is 29.8 Å². The number of hydrogen-bond acceptors (Lipinski definition) is 4. The van der Waals surface area contributed by atoms with Crippen molar-refractivity contribution in [2.45, 2.75) is 19.4 Å². The van der Waals surface area contributed by atoms with E-state index in [0.29, 0.717) is 25.7 Å². The molecule has 0 bridgehead atoms. The molecule has 0 amide bonds. The highest BCUT2D eigenvalue weighted by atomic mass is 16.5. The molecule has 4 nitrogen and oxygen atoms in total. The predicted molar refractivity (Wildman–Crippen MR) is 78.9 cm³/mol. The van der Waals surface area contributed by atoms with Gasteiger partial charge in [0.25, 0.3) is 0 Å². The van der Waals surface area contributed by atoms with Gasteiger partial charge in [0.15, 0.2) is 0 Å². The number of hydrogen-bond donors (Lipinski definition) is 1. The largest absolute Gasteiger partial charge is 0.491 e. The lowest BCUT2D eigenvalue weighted by Crippen LogP contribution is -2.36. The zero-order valence-electron chi connectivity index (χ0n) is 12.3. The van der Waals surface area contributed by atoms with Crippen molar-refractivity contribution in [3.8, 4) is 5.75 Å². The lowest BCUT2D eigenvalue weighted by Gasteiger charge is -2.32. The fourth-order valence-corrected chi connectivity index (χ4v) is 2.70. The summed E-state index contributed by atoms with van der Waals surface area (Å²) in [5, 5.41) is 9.31. The Hall–Kier alpha value is -1.10. The van der Waals surface area contributed by atoms with E-state index in [1.165, 1.54) is 5.56 Å². The van der Waals surface area contributed by atoms with Crippen molar-refractivity contribution in [2.75, 3.05) is 40.0 Å². The van der Waals surface area contributed by atoms with Crippen molar-refractivity contribution in [1.82, 2.24) is 4.90 Å². The minimum Gasteiger partial charge on any atom is -0.491 e. The van der Waals surface area contributed by atoms with E-state index in [1.54, 1.807) is 7.11 Å². The van der Waals surface area contributed by atoms with Crippen molar-refractivity contribution < 1.29 is 14.6 Å². The molecule has 1 fully saturated rings. The summed E-state index contributed by atoms with van der Waals surface area (Å²) in [4.78, 5) is 2.41. The zero-order valence-corrected chi connectivity index (χ0v) is 12.3. The standard InChI is InChI=1S/C16H25NO3/c1-19-9-10-20-16-7-3-2-6-15(16)12-17-8-4-5-14(11-17)13-18/h2-3,6-7,14,18H,4-5,8-13H2,1H3. The molecule has 4 heteroatoms. The van der Waals surface area contributed by atoms with Gasteiger partial charge in [-0.2, -0.15) is 0 Å². The van der Waals surface area contributed by atoms with Gasteiger partial charge < -0.3 is 14.6 Å². The summed E-state index contributed by atoms with van der Waals surface area (Å²) in [5.74, 6) is 1.36. The summed E-state index contributed by atoms with van der Waals surface area (Å²) < 4.78 is 10.8. The number of likely N-dealkylation sites (tertiary alicyclic amines) is 1. The smallest absolute Gasteiger partial charge is 0.123 e. The molecule has 1 heterocycles. The Morgan fingerprint density at radius 2 is 2.15 bits per heavy atom. The van der Waals surface area contributed by atoms with Crippen LogP contribution in [0.1, 0.15) is 18.4 Å². The van der Waals surface area contributed by atoms with Crippen molar-refractivity contribution in [1.29, 1.82) is 0 Å². The van der Waals surface area contributed by atoms with Crippen LogP contribution in [0.3, 0.4) is 0 Å². The topological polar surface area (TPSA) is 41.9 Å². The number of methoxy groups -OCH3 is 1. The van der Waals surface area contributed by atoms with Crippen LogP contribution in [0.4, 0.5) is 0 Å². The first-order valence-electron chi connectivity index (χ1n) is 7.36. The van der Waals surface area contributed by atoms with Gasteiger partial charge in [-0.15, -0.1) is 0 Å². The van der Waals surface area contributed by atoms with Crippen molar-refractivity contribution in [3.63, 3.8) is 0 Å². The molecule has 1 atom stereocenters. The van der Waals surface area contributed by atoms with Crippen LogP contribution in [0.15, 0.2) is 24.3 Å². The molecular formula is C16H25NO3. The van der Waals surface area contributed by atoms with E-state index >= 15 is 0 Å². The first-order valence-corrected chi connectivity index (χ1v) is 7.36. The summed E-state index contributed by atoms with van der Waals surface area (Å²) in [6.07, 6.45) is 2.30. The Balaban J connectivity index is 1.94. The number of para-hydroxylation sites is 1. The lowest BCUT2D eigenvalue weighted by atomic mass is 9.98. The summed E-state index contributed by atoms with van der Waals surface area (Å²) in [6, 6.07) is 8.17. The third kappa shape index (κ3) is 4.47. The number of benzene rings is 1. The Morgan fingerprint density at radius 1 is 1.30 bits per heavy atom. The van der Waals surface area contributed by atoms with Crippen LogP contribution in [0.25, 0.3) is 0 Å². The number of aliphatic hydroxyl groups is 1. The Morgan fingerprint density at radius 3 is 2.95 bits per heavy atom. The second-order valence-corrected chi connectivity index (χ2v) is 5.37. The highest BCUT2D eigenvalue weighted by Crippen LogP contribution is 2.23. The zero-order chi connectivity index (χ0) is 14.2. The molecule has 20 heavy (non-hydrogen) atoms. The van der Waals surface area contributed by atoms with Crippen LogP contribution in [0.2, 0.25) is 0 Å². The second-order valence-electron chi connectivity index (χ2n) is 5.37. The van der Waals surface area contributed by atoms with Crippen molar-refractivity contribution in [2.24, 2.45) is 5.92 Å². The Bertz CT molecular complexity index is 397. The quantitative estimate of drug-likeness (QED) is 0.774. The van der Waals surface area contributed by atoms with Crippen LogP contribution in [0.5, 0.6) is 5.75 Å². The molecule has 1 aromatic carbocycles. The molecular weight excluding hydrogens is 254 g/mol. The third-order valence-electron chi connectivity index (χ3n) is 3.77. The van der Waals surface area contributed by atoms with Gasteiger partial charge in [0.05, 0.1) is 6.61 Å². The van der Waals surface area contributed by atoms with Gasteiger partial charge in [0, 0.05) is 32.4 Å². The molecule has 1 aliphatic rings. The molecule has 0 radical (unpaired) electrons. The summed E-state index contributed by atoms with van der Waals surface area (Å²) >= 11 is 0. The fraction of sp³-hybridized carbons (Fsp3) is 0.625. The van der Waals surface area contributed by atoms with Crippen LogP contribution in [0, 0.1) is 5.92 Å². The molecule has 1 N–H and O–H groups in total. The number of nitrogens with zero attached hydrogens (tertiary/aromatic N) is 1. The highest BCUT2D eigenvalue weighted by molar-refractivity contribution is 5.33. The molecule has 0 saturated carbocycles. The van der Waals surface area contributed by atoms with E-state index in [0.717, 1.165) is 38.2 Å². The van der Waals surface area contributed by atoms with E-state index in [2.05, 4.69) is 11.0 Å². The van der Waals surface area contributed by atoms with E-state index < -0.39 is 0 Å². The summed E-state index contributed by atoms with van der Waals surface area (Å²) in [5.41, 5.74) is 1.21. The van der Waals surface area contributed by atoms with Gasteiger partial charge in [-0.3, -0.25) is 4.90 Å². The van der Waals surface area contributed by atoms with E-state index in [4.69, 9.17) is 9.47 Å². The molecule has 1 unspecified atom stereocenters. The van der Waals surface area contributed by atoms with E-state index in [-0.39, 0.29) is 0 Å². The normalized spacial score (nSPS) is 20.0. The van der Waals surface area contributed by atoms with Gasteiger partial charge in [-0.1, -0.05) is 18.2 Å². The van der Waals surface area contributed by atoms with Crippen LogP contribution in [-0.2, 0) is 11.3 Å². The van der Waals surface area contributed by atoms with Crippen LogP contribution >= 0.6 is 0 Å². The van der Waals surface area contributed by atoms with E-state index in [1.807, 2.05) is 18.2 Å². The van der Waals surface area contributed by atoms with Crippen molar-refractivity contribution >= 4 is 0 Å². The molecule has 1 saturated heterocycles. The van der Waals surface area contributed by atoms with Crippen LogP contribution in [-0.4, -0.2) is 50.0 Å². The van der Waals surface area contributed by atoms with E-state index in [9.17, 15) is 5.11 Å². The second kappa shape index (κ2) is 8.25. The van der Waals surface area contributed by atoms with Gasteiger partial charge in [0.1, 0.15) is 12.4 Å². The molecule has 0 aliphatic carbocycles. The molecule has 1 aromatic rings. The average Bonchev–Trinajstić information content (AvgIpc) is 2.49. The SMILES string of the molecule is COCCOc1ccccc1CN1CCCC(CO)C1. The monoisotopic (exact) mass is 279 g/mol. The number of piperidine rings is 1. The highest BCUT2D eigenvalue weighted by Gasteiger charge is 2.20. The van der Waals surface area contributed by atoms with Gasteiger partial charge in [0.2, 0.25) is 0 Å². The third-order valence-corrected chi connectivity index (χ3v) is 3.77. The molecule has 1 aliphatic heterocycles. The molecule has 0 aromatic heterocycles. The van der Waals surface area contributed by atoms with Gasteiger partial charge in [-0.05, 0) is 31.4 Å². The molecule has 2 rings (SSSR count). The summed E-state index contributed by atoms with van der Waals surface area (Å²) in [7, 11) is 1.68. The number of aliphatic hydroxyl groups excluding tert-OH is 1. The summed E-state index contributed by atoms with van der Waals surface area (Å²) in [6.45, 7) is 4.44. The number of ether oxygens (including phenoxy) is 2. The van der Waals surface area contributed by atoms with Crippen LogP contribution < -0.4 is 4.74 Å². The molecule has 0 spiro atoms. The Labute approximate surface area is 121 Å². The number of rotatable bonds is 7. The minimum absolute atomic E-state index is 0.294. The maximum Gasteiger partial charge on any atom is 0.123 e. The lowest BCUT2D eigenvalue weighted by molar-refractivity contribution is 0.113. The van der Waals surface area contributed by atoms with Gasteiger partial charge >= 0.3 is 0 Å². The first-order chi connectivity index (χ1) is 9.83. The molecule has 112 valence electrons. The Kier molecular flexibility index (Phi) is 6.30. The maximum atomic E-state index is 9.31. The van der Waals surface area contributed by atoms with Gasteiger partial charge in [-0.25, -0.2) is 0 Å².